The van der Waals surface area contributed by atoms with Crippen LogP contribution in [0.15, 0.2) is 29.3 Å². The van der Waals surface area contributed by atoms with Gasteiger partial charge in [-0.1, -0.05) is 0 Å². The van der Waals surface area contributed by atoms with E-state index in [4.69, 9.17) is 4.74 Å². The number of fused-ring (bicyclic) bond motifs is 1. The Kier molecular flexibility index (Phi) is 2.81. The number of carbonyl (C=O) groups excluding carboxylic acids is 1. The average Bonchev–Trinajstić information content (AvgIpc) is 3.24. The van der Waals surface area contributed by atoms with E-state index in [1.807, 2.05) is 4.57 Å². The molecule has 2 heterocycles. The van der Waals surface area contributed by atoms with E-state index in [2.05, 4.69) is 4.98 Å². The Morgan fingerprint density at radius 2 is 2.32 bits per heavy atom. The molecule has 0 aromatic carbocycles. The van der Waals surface area contributed by atoms with Gasteiger partial charge >= 0.3 is 5.97 Å². The van der Waals surface area contributed by atoms with Gasteiger partial charge in [0, 0.05) is 18.4 Å². The lowest BCUT2D eigenvalue weighted by Gasteiger charge is -2.10. The van der Waals surface area contributed by atoms with E-state index in [1.165, 1.54) is 0 Å². The minimum Gasteiger partial charge on any atom is -0.462 e. The lowest BCUT2D eigenvalue weighted by molar-refractivity contribution is 0.0524. The summed E-state index contributed by atoms with van der Waals surface area (Å²) < 4.78 is 6.86. The van der Waals surface area contributed by atoms with Crippen LogP contribution in [-0.2, 0) is 4.74 Å². The van der Waals surface area contributed by atoms with Gasteiger partial charge in [-0.25, -0.2) is 9.78 Å². The summed E-state index contributed by atoms with van der Waals surface area (Å²) in [5.74, 6) is -0.562. The molecule has 1 aliphatic carbocycles. The highest BCUT2D eigenvalue weighted by Crippen LogP contribution is 2.36. The Morgan fingerprint density at radius 1 is 1.53 bits per heavy atom. The second-order valence-corrected chi connectivity index (χ2v) is 4.61. The molecule has 2 aromatic rings. The molecule has 0 saturated heterocycles. The standard InChI is InChI=1S/C14H14N2O3/c1-2-19-14(18)11-8-16(9-5-6-9)13-10(12(11)17)4-3-7-15-13/h3-4,7-9H,2,5-6H2,1H3. The van der Waals surface area contributed by atoms with Crippen LogP contribution in [0.3, 0.4) is 0 Å². The van der Waals surface area contributed by atoms with Crippen molar-refractivity contribution in [3.05, 3.63) is 40.3 Å². The highest BCUT2D eigenvalue weighted by molar-refractivity contribution is 5.93. The molecule has 1 saturated carbocycles. The fraction of sp³-hybridized carbons (Fsp3) is 0.357. The third-order valence-electron chi connectivity index (χ3n) is 3.22. The molecule has 0 aliphatic heterocycles. The second kappa shape index (κ2) is 4.50. The van der Waals surface area contributed by atoms with Crippen LogP contribution in [0.1, 0.15) is 36.2 Å². The molecule has 19 heavy (non-hydrogen) atoms. The highest BCUT2D eigenvalue weighted by atomic mass is 16.5. The van der Waals surface area contributed by atoms with Crippen molar-refractivity contribution in [2.45, 2.75) is 25.8 Å². The van der Waals surface area contributed by atoms with Gasteiger partial charge in [-0.05, 0) is 31.9 Å². The lowest BCUT2D eigenvalue weighted by Crippen LogP contribution is -2.21. The molecule has 0 bridgehead atoms. The molecule has 0 spiro atoms. The Labute approximate surface area is 109 Å². The first-order valence-corrected chi connectivity index (χ1v) is 6.39. The maximum absolute atomic E-state index is 12.3. The summed E-state index contributed by atoms with van der Waals surface area (Å²) >= 11 is 0. The van der Waals surface area contributed by atoms with Crippen molar-refractivity contribution in [3.63, 3.8) is 0 Å². The van der Waals surface area contributed by atoms with E-state index in [0.29, 0.717) is 17.1 Å². The number of esters is 1. The number of nitrogens with zero attached hydrogens (tertiary/aromatic N) is 2. The van der Waals surface area contributed by atoms with Crippen molar-refractivity contribution in [2.24, 2.45) is 0 Å². The van der Waals surface area contributed by atoms with Crippen molar-refractivity contribution in [3.8, 4) is 0 Å². The summed E-state index contributed by atoms with van der Waals surface area (Å²) in [4.78, 5) is 28.4. The highest BCUT2D eigenvalue weighted by Gasteiger charge is 2.27. The van der Waals surface area contributed by atoms with Gasteiger partial charge in [-0.15, -0.1) is 0 Å². The molecule has 0 unspecified atom stereocenters. The van der Waals surface area contributed by atoms with E-state index >= 15 is 0 Å². The van der Waals surface area contributed by atoms with E-state index in [-0.39, 0.29) is 17.6 Å². The summed E-state index contributed by atoms with van der Waals surface area (Å²) in [7, 11) is 0. The third kappa shape index (κ3) is 2.01. The van der Waals surface area contributed by atoms with Crippen molar-refractivity contribution in [2.75, 3.05) is 6.61 Å². The molecule has 98 valence electrons. The molecule has 1 aliphatic rings. The first-order chi connectivity index (χ1) is 9.22. The maximum Gasteiger partial charge on any atom is 0.343 e. The number of hydrogen-bond acceptors (Lipinski definition) is 4. The van der Waals surface area contributed by atoms with E-state index in [1.54, 1.807) is 31.5 Å². The molecule has 0 N–H and O–H groups in total. The Balaban J connectivity index is 2.26. The number of rotatable bonds is 3. The number of aromatic nitrogens is 2. The predicted octanol–water partition coefficient (Wildman–Crippen LogP) is 1.91. The number of ether oxygens (including phenoxy) is 1. The Morgan fingerprint density at radius 3 is 3.00 bits per heavy atom. The first-order valence-electron chi connectivity index (χ1n) is 6.39. The van der Waals surface area contributed by atoms with Gasteiger partial charge in [0.1, 0.15) is 11.2 Å². The quantitative estimate of drug-likeness (QED) is 0.789. The SMILES string of the molecule is CCOC(=O)c1cn(C2CC2)c2ncccc2c1=O. The Hall–Kier alpha value is -2.17. The van der Waals surface area contributed by atoms with Crippen LogP contribution < -0.4 is 5.43 Å². The van der Waals surface area contributed by atoms with Crippen LogP contribution in [0, 0.1) is 0 Å². The second-order valence-electron chi connectivity index (χ2n) is 4.61. The molecule has 0 amide bonds. The van der Waals surface area contributed by atoms with Gasteiger partial charge in [0.2, 0.25) is 5.43 Å². The van der Waals surface area contributed by atoms with Gasteiger partial charge in [0.15, 0.2) is 0 Å². The van der Waals surface area contributed by atoms with Gasteiger partial charge in [-0.2, -0.15) is 0 Å². The molecular formula is C14H14N2O3. The first kappa shape index (κ1) is 11.9. The fourth-order valence-corrected chi connectivity index (χ4v) is 2.17. The molecule has 5 heteroatoms. The summed E-state index contributed by atoms with van der Waals surface area (Å²) in [6.45, 7) is 1.98. The van der Waals surface area contributed by atoms with Gasteiger partial charge in [-0.3, -0.25) is 4.79 Å². The summed E-state index contributed by atoms with van der Waals surface area (Å²) in [6, 6.07) is 3.74. The normalized spacial score (nSPS) is 14.6. The van der Waals surface area contributed by atoms with Crippen molar-refractivity contribution in [1.82, 2.24) is 9.55 Å². The zero-order valence-electron chi connectivity index (χ0n) is 10.6. The number of carbonyl (C=O) groups is 1. The predicted molar refractivity (Wildman–Crippen MR) is 70.2 cm³/mol. The largest absolute Gasteiger partial charge is 0.462 e. The zero-order chi connectivity index (χ0) is 13.4. The average molecular weight is 258 g/mol. The third-order valence-corrected chi connectivity index (χ3v) is 3.22. The molecule has 2 aromatic heterocycles. The Bertz CT molecular complexity index is 701. The molecule has 0 radical (unpaired) electrons. The smallest absolute Gasteiger partial charge is 0.343 e. The van der Waals surface area contributed by atoms with Crippen LogP contribution in [0.2, 0.25) is 0 Å². The fourth-order valence-electron chi connectivity index (χ4n) is 2.17. The van der Waals surface area contributed by atoms with Crippen molar-refractivity contribution < 1.29 is 9.53 Å². The number of pyridine rings is 2. The van der Waals surface area contributed by atoms with Crippen LogP contribution in [0.4, 0.5) is 0 Å². The molecule has 0 atom stereocenters. The minimum atomic E-state index is -0.562. The van der Waals surface area contributed by atoms with Gasteiger partial charge in [0.05, 0.1) is 12.0 Å². The molecule has 3 rings (SSSR count). The topological polar surface area (TPSA) is 61.2 Å². The molecular weight excluding hydrogens is 244 g/mol. The van der Waals surface area contributed by atoms with Crippen LogP contribution in [0.5, 0.6) is 0 Å². The van der Waals surface area contributed by atoms with Crippen molar-refractivity contribution in [1.29, 1.82) is 0 Å². The van der Waals surface area contributed by atoms with Crippen LogP contribution >= 0.6 is 0 Å². The van der Waals surface area contributed by atoms with Crippen LogP contribution in [-0.4, -0.2) is 22.1 Å². The maximum atomic E-state index is 12.3. The van der Waals surface area contributed by atoms with Gasteiger partial charge < -0.3 is 9.30 Å². The molecule has 5 nitrogen and oxygen atoms in total. The van der Waals surface area contributed by atoms with E-state index < -0.39 is 5.97 Å². The lowest BCUT2D eigenvalue weighted by atomic mass is 10.2. The van der Waals surface area contributed by atoms with Gasteiger partial charge in [0.25, 0.3) is 0 Å². The van der Waals surface area contributed by atoms with E-state index in [0.717, 1.165) is 12.8 Å². The monoisotopic (exact) mass is 258 g/mol. The summed E-state index contributed by atoms with van der Waals surface area (Å²) in [5, 5.41) is 0.472. The van der Waals surface area contributed by atoms with Crippen molar-refractivity contribution >= 4 is 17.0 Å². The number of hydrogen-bond donors (Lipinski definition) is 0. The summed E-state index contributed by atoms with van der Waals surface area (Å²) in [6.07, 6.45) is 5.35. The van der Waals surface area contributed by atoms with Crippen LogP contribution in [0.25, 0.3) is 11.0 Å². The zero-order valence-corrected chi connectivity index (χ0v) is 10.6. The van der Waals surface area contributed by atoms with E-state index in [9.17, 15) is 9.59 Å². The molecule has 1 fully saturated rings. The summed E-state index contributed by atoms with van der Waals surface area (Å²) in [5.41, 5.74) is 0.427. The minimum absolute atomic E-state index is 0.0919.